The van der Waals surface area contributed by atoms with Gasteiger partial charge in [0.1, 0.15) is 4.21 Å². The second-order valence-electron chi connectivity index (χ2n) is 7.29. The van der Waals surface area contributed by atoms with Gasteiger partial charge in [-0.25, -0.2) is 14.1 Å². The topological polar surface area (TPSA) is 97.4 Å². The van der Waals surface area contributed by atoms with E-state index in [4.69, 9.17) is 10.1 Å². The number of nitrogens with zero attached hydrogens (tertiary/aromatic N) is 2. The third kappa shape index (κ3) is 3.41. The number of anilines is 1. The second kappa shape index (κ2) is 7.00. The Labute approximate surface area is 163 Å². The van der Waals surface area contributed by atoms with Gasteiger partial charge in [-0.3, -0.25) is 4.98 Å². The Morgan fingerprint density at radius 2 is 2.22 bits per heavy atom. The molecule has 144 valence electrons. The van der Waals surface area contributed by atoms with E-state index >= 15 is 0 Å². The van der Waals surface area contributed by atoms with Crippen molar-refractivity contribution in [3.63, 3.8) is 0 Å². The molecule has 3 N–H and O–H groups in total. The third-order valence-electron chi connectivity index (χ3n) is 5.43. The van der Waals surface area contributed by atoms with Crippen LogP contribution in [0.25, 0.3) is 0 Å². The molecule has 2 aliphatic rings. The van der Waals surface area contributed by atoms with Gasteiger partial charge in [0.15, 0.2) is 9.92 Å². The van der Waals surface area contributed by atoms with E-state index in [9.17, 15) is 9.00 Å². The molecule has 0 fully saturated rings. The molecular formula is C19H24N4O2S2. The van der Waals surface area contributed by atoms with Crippen LogP contribution in [-0.2, 0) is 35.6 Å². The lowest BCUT2D eigenvalue weighted by molar-refractivity contribution is 0.260. The minimum atomic E-state index is -3.24. The summed E-state index contributed by atoms with van der Waals surface area (Å²) in [5, 5.41) is 10.7. The van der Waals surface area contributed by atoms with Crippen LogP contribution in [0.4, 0.5) is 10.5 Å². The van der Waals surface area contributed by atoms with Crippen LogP contribution < -0.4 is 10.5 Å². The molecule has 0 radical (unpaired) electrons. The molecule has 2 aromatic rings. The zero-order chi connectivity index (χ0) is 19.2. The number of fused-ring (bicyclic) bond motifs is 2. The molecule has 0 saturated heterocycles. The monoisotopic (exact) mass is 404 g/mol. The third-order valence-corrected chi connectivity index (χ3v) is 8.33. The number of amides is 2. The molecule has 0 aromatic carbocycles. The fourth-order valence-electron chi connectivity index (χ4n) is 3.94. The average molecular weight is 405 g/mol. The van der Waals surface area contributed by atoms with Crippen LogP contribution in [0.3, 0.4) is 0 Å². The quantitative estimate of drug-likeness (QED) is 0.803. The highest BCUT2D eigenvalue weighted by molar-refractivity contribution is 7.93. The van der Waals surface area contributed by atoms with Crippen LogP contribution in [0.15, 0.2) is 20.0 Å². The lowest BCUT2D eigenvalue weighted by atomic mass is 10.0. The summed E-state index contributed by atoms with van der Waals surface area (Å²) in [4.78, 5) is 17.5. The first-order valence-electron chi connectivity index (χ1n) is 9.37. The van der Waals surface area contributed by atoms with Crippen molar-refractivity contribution in [2.75, 3.05) is 5.32 Å². The summed E-state index contributed by atoms with van der Waals surface area (Å²) in [6.45, 7) is 4.19. The van der Waals surface area contributed by atoms with Crippen molar-refractivity contribution in [3.8, 4) is 0 Å². The molecule has 1 unspecified atom stereocenters. The highest BCUT2D eigenvalue weighted by Crippen LogP contribution is 2.41. The van der Waals surface area contributed by atoms with Crippen LogP contribution in [0.2, 0.25) is 0 Å². The van der Waals surface area contributed by atoms with E-state index in [1.54, 1.807) is 6.07 Å². The first-order chi connectivity index (χ1) is 12.9. The summed E-state index contributed by atoms with van der Waals surface area (Å²) in [6.07, 6.45) is 5.65. The summed E-state index contributed by atoms with van der Waals surface area (Å²) in [5.41, 5.74) is 6.27. The van der Waals surface area contributed by atoms with E-state index in [1.807, 2.05) is 12.3 Å². The number of nitrogens with one attached hydrogen (secondary N) is 1. The fraction of sp³-hybridized carbons (Fsp3) is 0.474. The molecule has 27 heavy (non-hydrogen) atoms. The van der Waals surface area contributed by atoms with Gasteiger partial charge >= 0.3 is 6.03 Å². The maximum Gasteiger partial charge on any atom is 0.354 e. The predicted molar refractivity (Wildman–Crippen MR) is 109 cm³/mol. The Bertz CT molecular complexity index is 1030. The molecule has 2 heterocycles. The van der Waals surface area contributed by atoms with Crippen LogP contribution in [0, 0.1) is 0 Å². The number of nitrogens with two attached hydrogens (primary N) is 1. The Morgan fingerprint density at radius 3 is 2.96 bits per heavy atom. The summed E-state index contributed by atoms with van der Waals surface area (Å²) >= 11 is 1.29. The van der Waals surface area contributed by atoms with Gasteiger partial charge in [-0.05, 0) is 72.6 Å². The summed E-state index contributed by atoms with van der Waals surface area (Å²) in [6, 6.07) is 1.13. The van der Waals surface area contributed by atoms with Crippen molar-refractivity contribution in [3.05, 3.63) is 39.5 Å². The number of carbonyl (C=O) groups excluding carboxylic acids is 1. The van der Waals surface area contributed by atoms with Crippen LogP contribution in [0.5, 0.6) is 0 Å². The number of aromatic nitrogens is 1. The molecule has 6 nitrogen and oxygen atoms in total. The minimum Gasteiger partial charge on any atom is -0.305 e. The molecule has 4 rings (SSSR count). The Hall–Kier alpha value is -1.77. The zero-order valence-corrected chi connectivity index (χ0v) is 17.2. The van der Waals surface area contributed by atoms with Gasteiger partial charge in [0.2, 0.25) is 0 Å². The molecule has 2 aliphatic carbocycles. The number of carbonyl (C=O) groups is 1. The highest BCUT2D eigenvalue weighted by atomic mass is 32.2. The Balaban J connectivity index is 1.68. The van der Waals surface area contributed by atoms with Gasteiger partial charge in [0.05, 0.1) is 5.69 Å². The highest BCUT2D eigenvalue weighted by Gasteiger charge is 2.30. The van der Waals surface area contributed by atoms with Crippen LogP contribution in [-0.4, -0.2) is 15.2 Å². The Morgan fingerprint density at radius 1 is 1.41 bits per heavy atom. The normalized spacial score (nSPS) is 20.0. The fourth-order valence-corrected chi connectivity index (χ4v) is 6.17. The number of thiophene rings is 1. The molecule has 0 saturated carbocycles. The van der Waals surface area contributed by atoms with E-state index in [2.05, 4.69) is 16.6 Å². The molecule has 2 amide bonds. The van der Waals surface area contributed by atoms with Crippen molar-refractivity contribution >= 4 is 33.0 Å². The molecule has 2 aromatic heterocycles. The first kappa shape index (κ1) is 18.6. The number of pyridine rings is 1. The van der Waals surface area contributed by atoms with Gasteiger partial charge in [0.25, 0.3) is 0 Å². The standard InChI is InChI=1S/C19H24N4O2S2/c1-3-12-9-16(26-10-12)27(20,25)23-19(24)22-18-13-5-4-6-15(13)21-17-11(2)7-8-14(17)18/h9-11H,3-8H2,1-2H3,(H3,20,21,22,23,24,25)/t11-,27?/m1/s1. The number of aryl methyl sites for hydroxylation is 2. The smallest absolute Gasteiger partial charge is 0.305 e. The van der Waals surface area contributed by atoms with Crippen molar-refractivity contribution in [1.29, 1.82) is 0 Å². The second-order valence-corrected chi connectivity index (χ2v) is 10.2. The van der Waals surface area contributed by atoms with Crippen molar-refractivity contribution in [2.24, 2.45) is 9.50 Å². The van der Waals surface area contributed by atoms with Gasteiger partial charge in [-0.15, -0.1) is 15.7 Å². The lowest BCUT2D eigenvalue weighted by Crippen LogP contribution is -2.18. The Kier molecular flexibility index (Phi) is 4.82. The van der Waals surface area contributed by atoms with Crippen LogP contribution >= 0.6 is 11.3 Å². The minimum absolute atomic E-state index is 0.399. The van der Waals surface area contributed by atoms with E-state index in [-0.39, 0.29) is 0 Å². The van der Waals surface area contributed by atoms with Crippen molar-refractivity contribution in [1.82, 2.24) is 4.98 Å². The van der Waals surface area contributed by atoms with E-state index in [1.165, 1.54) is 11.3 Å². The van der Waals surface area contributed by atoms with Gasteiger partial charge in [-0.2, -0.15) is 0 Å². The van der Waals surface area contributed by atoms with Crippen LogP contribution in [0.1, 0.15) is 60.7 Å². The average Bonchev–Trinajstić information content (AvgIpc) is 3.34. The van der Waals surface area contributed by atoms with Gasteiger partial charge in [-0.1, -0.05) is 13.8 Å². The lowest BCUT2D eigenvalue weighted by Gasteiger charge is -2.15. The van der Waals surface area contributed by atoms with E-state index in [0.29, 0.717) is 10.1 Å². The summed E-state index contributed by atoms with van der Waals surface area (Å²) in [5.74, 6) is 0.399. The van der Waals surface area contributed by atoms with Crippen molar-refractivity contribution < 1.29 is 9.00 Å². The number of hydrogen-bond acceptors (Lipinski definition) is 4. The van der Waals surface area contributed by atoms with Gasteiger partial charge < -0.3 is 5.32 Å². The predicted octanol–water partition coefficient (Wildman–Crippen LogP) is 4.18. The molecular weight excluding hydrogens is 380 g/mol. The summed E-state index contributed by atoms with van der Waals surface area (Å²) in [7, 11) is -3.24. The molecule has 0 aliphatic heterocycles. The van der Waals surface area contributed by atoms with E-state index < -0.39 is 15.9 Å². The zero-order valence-electron chi connectivity index (χ0n) is 15.6. The maximum absolute atomic E-state index is 12.8. The molecule has 0 bridgehead atoms. The number of rotatable bonds is 3. The molecule has 0 spiro atoms. The molecule has 8 heteroatoms. The maximum atomic E-state index is 12.8. The number of hydrogen-bond donors (Lipinski definition) is 2. The van der Waals surface area contributed by atoms with Crippen molar-refractivity contribution in [2.45, 2.75) is 62.5 Å². The van der Waals surface area contributed by atoms with E-state index in [0.717, 1.165) is 72.3 Å². The SMILES string of the molecule is CCc1csc(S(N)(=O)=NC(=O)Nc2c3c(nc4c2CC[C@H]4C)CCC3)c1. The summed E-state index contributed by atoms with van der Waals surface area (Å²) < 4.78 is 17.1. The molecule has 2 atom stereocenters. The number of urea groups is 1. The first-order valence-corrected chi connectivity index (χ1v) is 11.8. The van der Waals surface area contributed by atoms with Gasteiger partial charge in [0, 0.05) is 11.4 Å². The largest absolute Gasteiger partial charge is 0.354 e.